The summed E-state index contributed by atoms with van der Waals surface area (Å²) in [5, 5.41) is 13.4. The number of carbonyl (C=O) groups excluding carboxylic acids is 3. The number of imide groups is 2. The van der Waals surface area contributed by atoms with Crippen molar-refractivity contribution in [1.29, 1.82) is 0 Å². The summed E-state index contributed by atoms with van der Waals surface area (Å²) in [5.74, 6) is -1.34. The van der Waals surface area contributed by atoms with Crippen molar-refractivity contribution in [3.63, 3.8) is 0 Å². The lowest BCUT2D eigenvalue weighted by Crippen LogP contribution is -2.54. The number of nitrogens with zero attached hydrogens (tertiary/aromatic N) is 2. The molecule has 2 heterocycles. The van der Waals surface area contributed by atoms with Crippen LogP contribution in [-0.4, -0.2) is 22.8 Å². The average Bonchev–Trinajstić information content (AvgIpc) is 3.21. The first-order valence-corrected chi connectivity index (χ1v) is 9.65. The van der Waals surface area contributed by atoms with Crippen molar-refractivity contribution in [2.75, 3.05) is 4.90 Å². The van der Waals surface area contributed by atoms with E-state index in [0.717, 1.165) is 4.90 Å². The van der Waals surface area contributed by atoms with E-state index in [1.807, 2.05) is 0 Å². The van der Waals surface area contributed by atoms with Gasteiger partial charge in [-0.15, -0.1) is 0 Å². The van der Waals surface area contributed by atoms with Crippen LogP contribution >= 0.6 is 11.6 Å². The topological polar surface area (TPSA) is 123 Å². The number of aryl methyl sites for hydroxylation is 1. The summed E-state index contributed by atoms with van der Waals surface area (Å²) in [6.07, 6.45) is 1.20. The predicted molar refractivity (Wildman–Crippen MR) is 116 cm³/mol. The summed E-state index contributed by atoms with van der Waals surface area (Å²) in [7, 11) is 0. The fourth-order valence-electron chi connectivity index (χ4n) is 3.22. The van der Waals surface area contributed by atoms with Gasteiger partial charge in [0.25, 0.3) is 17.5 Å². The molecule has 2 aromatic carbocycles. The molecule has 1 aromatic heterocycles. The first-order chi connectivity index (χ1) is 15.3. The molecule has 1 aliphatic rings. The molecule has 1 N–H and O–H groups in total. The van der Waals surface area contributed by atoms with Crippen LogP contribution in [-0.2, 0) is 9.59 Å². The molecule has 0 radical (unpaired) electrons. The Morgan fingerprint density at radius 2 is 1.84 bits per heavy atom. The number of nitro groups is 1. The molecular weight excluding hydrogens is 438 g/mol. The quantitative estimate of drug-likeness (QED) is 0.270. The molecule has 9 nitrogen and oxygen atoms in total. The zero-order valence-corrected chi connectivity index (χ0v) is 17.3. The third-order valence-electron chi connectivity index (χ3n) is 4.80. The van der Waals surface area contributed by atoms with Crippen LogP contribution in [0.1, 0.15) is 11.3 Å². The summed E-state index contributed by atoms with van der Waals surface area (Å²) in [4.78, 5) is 49.0. The molecule has 0 atom stereocenters. The lowest BCUT2D eigenvalue weighted by Gasteiger charge is -2.27. The molecule has 4 rings (SSSR count). The number of benzene rings is 2. The van der Waals surface area contributed by atoms with Crippen LogP contribution in [0.15, 0.2) is 64.6 Å². The molecule has 1 saturated heterocycles. The van der Waals surface area contributed by atoms with Gasteiger partial charge in [0.15, 0.2) is 0 Å². The number of urea groups is 1. The number of furan rings is 1. The van der Waals surface area contributed by atoms with Gasteiger partial charge in [-0.3, -0.25) is 25.0 Å². The number of anilines is 1. The maximum Gasteiger partial charge on any atom is 0.335 e. The number of rotatable bonds is 4. The van der Waals surface area contributed by atoms with E-state index >= 15 is 0 Å². The van der Waals surface area contributed by atoms with Crippen LogP contribution in [0, 0.1) is 17.0 Å². The van der Waals surface area contributed by atoms with Crippen molar-refractivity contribution in [3.05, 3.63) is 86.6 Å². The normalized spacial score (nSPS) is 15.2. The van der Waals surface area contributed by atoms with Gasteiger partial charge in [0.05, 0.1) is 15.6 Å². The maximum absolute atomic E-state index is 13.0. The Balaban J connectivity index is 1.71. The van der Waals surface area contributed by atoms with Crippen LogP contribution in [0.25, 0.3) is 17.4 Å². The fourth-order valence-corrected chi connectivity index (χ4v) is 3.43. The average molecular weight is 452 g/mol. The van der Waals surface area contributed by atoms with Crippen LogP contribution in [0.2, 0.25) is 5.02 Å². The molecule has 0 bridgehead atoms. The molecule has 1 aliphatic heterocycles. The number of para-hydroxylation sites is 1. The highest BCUT2D eigenvalue weighted by molar-refractivity contribution is 6.39. The van der Waals surface area contributed by atoms with Crippen molar-refractivity contribution >= 4 is 46.9 Å². The van der Waals surface area contributed by atoms with Crippen molar-refractivity contribution in [2.45, 2.75) is 6.92 Å². The van der Waals surface area contributed by atoms with E-state index in [2.05, 4.69) is 5.32 Å². The Kier molecular flexibility index (Phi) is 5.33. The van der Waals surface area contributed by atoms with Gasteiger partial charge in [0, 0.05) is 17.7 Å². The number of halogens is 1. The molecule has 0 unspecified atom stereocenters. The number of hydrogen-bond donors (Lipinski definition) is 1. The zero-order valence-electron chi connectivity index (χ0n) is 16.5. The molecule has 1 fully saturated rings. The van der Waals surface area contributed by atoms with Gasteiger partial charge >= 0.3 is 6.03 Å². The van der Waals surface area contributed by atoms with E-state index in [4.69, 9.17) is 16.0 Å². The molecule has 3 aromatic rings. The number of barbiturate groups is 1. The molecule has 4 amide bonds. The molecule has 32 heavy (non-hydrogen) atoms. The zero-order chi connectivity index (χ0) is 23.0. The fraction of sp³-hybridized carbons (Fsp3) is 0.0455. The smallest absolute Gasteiger partial charge is 0.335 e. The monoisotopic (exact) mass is 451 g/mol. The number of non-ortho nitro benzene ring substituents is 1. The van der Waals surface area contributed by atoms with Crippen molar-refractivity contribution in [2.24, 2.45) is 0 Å². The SMILES string of the molecule is Cc1ccccc1N1C(=O)NC(=O)/C(=C\c2ccc(-c3cc([N+](=O)[O-])ccc3Cl)o2)C1=O. The van der Waals surface area contributed by atoms with Gasteiger partial charge in [0.2, 0.25) is 0 Å². The van der Waals surface area contributed by atoms with Crippen LogP contribution in [0.4, 0.5) is 16.2 Å². The van der Waals surface area contributed by atoms with E-state index in [1.54, 1.807) is 31.2 Å². The largest absolute Gasteiger partial charge is 0.457 e. The Morgan fingerprint density at radius 3 is 2.56 bits per heavy atom. The maximum atomic E-state index is 13.0. The van der Waals surface area contributed by atoms with Gasteiger partial charge < -0.3 is 4.42 Å². The van der Waals surface area contributed by atoms with Crippen molar-refractivity contribution in [1.82, 2.24) is 5.32 Å². The highest BCUT2D eigenvalue weighted by Gasteiger charge is 2.37. The minimum absolute atomic E-state index is 0.125. The predicted octanol–water partition coefficient (Wildman–Crippen LogP) is 4.48. The van der Waals surface area contributed by atoms with E-state index < -0.39 is 22.8 Å². The Bertz CT molecular complexity index is 1330. The highest BCUT2D eigenvalue weighted by atomic mass is 35.5. The number of hydrogen-bond acceptors (Lipinski definition) is 6. The second-order valence-electron chi connectivity index (χ2n) is 6.87. The third-order valence-corrected chi connectivity index (χ3v) is 5.13. The molecule has 0 saturated carbocycles. The number of carbonyl (C=O) groups is 3. The minimum Gasteiger partial charge on any atom is -0.457 e. The van der Waals surface area contributed by atoms with Crippen molar-refractivity contribution in [3.8, 4) is 11.3 Å². The third kappa shape index (κ3) is 3.77. The van der Waals surface area contributed by atoms with E-state index in [0.29, 0.717) is 11.3 Å². The van der Waals surface area contributed by atoms with Gasteiger partial charge in [0.1, 0.15) is 17.1 Å². The first-order valence-electron chi connectivity index (χ1n) is 9.27. The first kappa shape index (κ1) is 21.0. The summed E-state index contributed by atoms with van der Waals surface area (Å²) in [6, 6.07) is 12.8. The van der Waals surface area contributed by atoms with Gasteiger partial charge in [-0.25, -0.2) is 9.69 Å². The van der Waals surface area contributed by atoms with Crippen molar-refractivity contribution < 1.29 is 23.7 Å². The summed E-state index contributed by atoms with van der Waals surface area (Å²) in [5.41, 5.74) is 0.817. The van der Waals surface area contributed by atoms with Gasteiger partial charge in [-0.2, -0.15) is 0 Å². The molecular formula is C22H14ClN3O6. The van der Waals surface area contributed by atoms with Crippen LogP contribution in [0.3, 0.4) is 0 Å². The van der Waals surface area contributed by atoms with E-state index in [9.17, 15) is 24.5 Å². The number of nitro benzene ring substituents is 1. The second kappa shape index (κ2) is 8.12. The summed E-state index contributed by atoms with van der Waals surface area (Å²) >= 11 is 6.14. The lowest BCUT2D eigenvalue weighted by molar-refractivity contribution is -0.384. The number of nitrogens with one attached hydrogen (secondary N) is 1. The van der Waals surface area contributed by atoms with Gasteiger partial charge in [-0.1, -0.05) is 29.8 Å². The van der Waals surface area contributed by atoms with E-state index in [-0.39, 0.29) is 33.4 Å². The summed E-state index contributed by atoms with van der Waals surface area (Å²) < 4.78 is 5.66. The highest BCUT2D eigenvalue weighted by Crippen LogP contribution is 2.33. The Hall–Kier alpha value is -4.24. The summed E-state index contributed by atoms with van der Waals surface area (Å²) in [6.45, 7) is 1.73. The van der Waals surface area contributed by atoms with Gasteiger partial charge in [-0.05, 0) is 42.8 Å². The Morgan fingerprint density at radius 1 is 1.09 bits per heavy atom. The molecule has 160 valence electrons. The van der Waals surface area contributed by atoms with Crippen LogP contribution < -0.4 is 10.2 Å². The standard InChI is InChI=1S/C22H14ClN3O6/c1-12-4-2-3-5-18(12)25-21(28)16(20(27)24-22(25)29)11-14-7-9-19(32-14)15-10-13(26(30)31)6-8-17(15)23/h2-11H,1H3,(H,24,27,29)/b16-11+. The number of amides is 4. The van der Waals surface area contributed by atoms with Crippen LogP contribution in [0.5, 0.6) is 0 Å². The second-order valence-corrected chi connectivity index (χ2v) is 7.27. The lowest BCUT2D eigenvalue weighted by atomic mass is 10.1. The van der Waals surface area contributed by atoms with E-state index in [1.165, 1.54) is 36.4 Å². The minimum atomic E-state index is -0.865. The molecule has 10 heteroatoms. The Labute approximate surface area is 186 Å². The molecule has 0 aliphatic carbocycles. The molecule has 0 spiro atoms.